The molecule has 0 spiro atoms. The molecule has 6 nitrogen and oxygen atoms in total. The third-order valence-corrected chi connectivity index (χ3v) is 5.03. The van der Waals surface area contributed by atoms with Crippen LogP contribution in [-0.2, 0) is 13.2 Å². The lowest BCUT2D eigenvalue weighted by Crippen LogP contribution is -2.09. The summed E-state index contributed by atoms with van der Waals surface area (Å²) < 4.78 is 17.2. The van der Waals surface area contributed by atoms with Crippen molar-refractivity contribution >= 4 is 5.97 Å². The number of nitrogens with zero attached hydrogens (tertiary/aromatic N) is 1. The molecule has 1 N–H and O–H groups in total. The first kappa shape index (κ1) is 21.9. The number of hydrogen-bond acceptors (Lipinski definition) is 5. The lowest BCUT2D eigenvalue weighted by atomic mass is 10.1. The smallest absolute Gasteiger partial charge is 0.337 e. The summed E-state index contributed by atoms with van der Waals surface area (Å²) in [6.07, 6.45) is 0. The number of methoxy groups -OCH3 is 1. The predicted octanol–water partition coefficient (Wildman–Crippen LogP) is 5.61. The van der Waals surface area contributed by atoms with Crippen molar-refractivity contribution in [1.29, 1.82) is 0 Å². The molecular formula is C27H23NO5. The molecule has 33 heavy (non-hydrogen) atoms. The Labute approximate surface area is 192 Å². The van der Waals surface area contributed by atoms with E-state index in [1.807, 2.05) is 72.8 Å². The van der Waals surface area contributed by atoms with Crippen molar-refractivity contribution in [2.75, 3.05) is 7.11 Å². The van der Waals surface area contributed by atoms with Crippen molar-refractivity contribution in [2.45, 2.75) is 13.2 Å². The van der Waals surface area contributed by atoms with E-state index in [0.29, 0.717) is 35.2 Å². The molecule has 0 radical (unpaired) electrons. The van der Waals surface area contributed by atoms with E-state index in [-0.39, 0.29) is 12.2 Å². The summed E-state index contributed by atoms with van der Waals surface area (Å²) >= 11 is 0. The molecule has 4 aromatic rings. The fraction of sp³-hybridized carbons (Fsp3) is 0.111. The van der Waals surface area contributed by atoms with Crippen molar-refractivity contribution in [1.82, 2.24) is 4.98 Å². The summed E-state index contributed by atoms with van der Waals surface area (Å²) in [7, 11) is 1.59. The normalized spacial score (nSPS) is 10.5. The second kappa shape index (κ2) is 10.3. The molecule has 166 valence electrons. The monoisotopic (exact) mass is 441 g/mol. The zero-order valence-corrected chi connectivity index (χ0v) is 18.1. The molecule has 0 amide bonds. The minimum absolute atomic E-state index is 0.0237. The SMILES string of the molecule is COc1ccc(-c2ccc(C(=O)O)c(COc3ccccc3)n2)c(OCc2ccccc2)c1. The van der Waals surface area contributed by atoms with Gasteiger partial charge < -0.3 is 19.3 Å². The van der Waals surface area contributed by atoms with Gasteiger partial charge in [0.1, 0.15) is 30.5 Å². The van der Waals surface area contributed by atoms with E-state index in [4.69, 9.17) is 14.2 Å². The van der Waals surface area contributed by atoms with E-state index >= 15 is 0 Å². The van der Waals surface area contributed by atoms with Crippen LogP contribution in [0.15, 0.2) is 91.0 Å². The predicted molar refractivity (Wildman–Crippen MR) is 125 cm³/mol. The molecule has 0 aliphatic rings. The molecular weight excluding hydrogens is 418 g/mol. The number of carboxylic acids is 1. The molecule has 0 aliphatic carbocycles. The van der Waals surface area contributed by atoms with Gasteiger partial charge in [0.05, 0.1) is 24.1 Å². The molecule has 3 aromatic carbocycles. The van der Waals surface area contributed by atoms with Crippen molar-refractivity contribution in [3.05, 3.63) is 108 Å². The molecule has 0 saturated heterocycles. The average molecular weight is 441 g/mol. The largest absolute Gasteiger partial charge is 0.497 e. The first-order valence-corrected chi connectivity index (χ1v) is 10.4. The Kier molecular flexibility index (Phi) is 6.85. The number of aromatic nitrogens is 1. The Morgan fingerprint density at radius 3 is 2.24 bits per heavy atom. The molecule has 1 aromatic heterocycles. The molecule has 6 heteroatoms. The van der Waals surface area contributed by atoms with Gasteiger partial charge in [-0.1, -0.05) is 48.5 Å². The Bertz CT molecular complexity index is 1230. The topological polar surface area (TPSA) is 77.9 Å². The maximum atomic E-state index is 11.8. The molecule has 4 rings (SSSR count). The minimum Gasteiger partial charge on any atom is -0.497 e. The standard InChI is InChI=1S/C27H23NO5/c1-31-21-12-13-22(26(16-21)33-17-19-8-4-2-5-9-19)24-15-14-23(27(29)30)25(28-24)18-32-20-10-6-3-7-11-20/h2-16H,17-18H2,1H3,(H,29,30). The van der Waals surface area contributed by atoms with Crippen molar-refractivity contribution in [2.24, 2.45) is 0 Å². The van der Waals surface area contributed by atoms with Crippen LogP contribution >= 0.6 is 0 Å². The van der Waals surface area contributed by atoms with Gasteiger partial charge in [0.2, 0.25) is 0 Å². The van der Waals surface area contributed by atoms with Crippen LogP contribution in [0.3, 0.4) is 0 Å². The van der Waals surface area contributed by atoms with Crippen molar-refractivity contribution < 1.29 is 24.1 Å². The summed E-state index contributed by atoms with van der Waals surface area (Å²) in [4.78, 5) is 16.4. The highest BCUT2D eigenvalue weighted by Gasteiger charge is 2.17. The molecule has 0 saturated carbocycles. The van der Waals surface area contributed by atoms with Gasteiger partial charge in [0.15, 0.2) is 0 Å². The van der Waals surface area contributed by atoms with Crippen LogP contribution in [0, 0.1) is 0 Å². The third-order valence-electron chi connectivity index (χ3n) is 5.03. The number of carbonyl (C=O) groups is 1. The van der Waals surface area contributed by atoms with Crippen LogP contribution in [0.25, 0.3) is 11.3 Å². The molecule has 0 unspecified atom stereocenters. The fourth-order valence-electron chi connectivity index (χ4n) is 3.32. The van der Waals surface area contributed by atoms with E-state index < -0.39 is 5.97 Å². The van der Waals surface area contributed by atoms with E-state index in [0.717, 1.165) is 11.1 Å². The van der Waals surface area contributed by atoms with Crippen LogP contribution in [0.4, 0.5) is 0 Å². The third kappa shape index (κ3) is 5.49. The second-order valence-electron chi connectivity index (χ2n) is 7.23. The minimum atomic E-state index is -1.06. The van der Waals surface area contributed by atoms with Gasteiger partial charge in [0.25, 0.3) is 0 Å². The van der Waals surface area contributed by atoms with Gasteiger partial charge >= 0.3 is 5.97 Å². The quantitative estimate of drug-likeness (QED) is 0.364. The summed E-state index contributed by atoms with van der Waals surface area (Å²) in [5.74, 6) is 0.814. The lowest BCUT2D eigenvalue weighted by molar-refractivity contribution is 0.0693. The maximum Gasteiger partial charge on any atom is 0.337 e. The van der Waals surface area contributed by atoms with Crippen LogP contribution in [0.2, 0.25) is 0 Å². The highest BCUT2D eigenvalue weighted by molar-refractivity contribution is 5.89. The van der Waals surface area contributed by atoms with Gasteiger partial charge in [-0.3, -0.25) is 0 Å². The van der Waals surface area contributed by atoms with Gasteiger partial charge in [0, 0.05) is 11.6 Å². The van der Waals surface area contributed by atoms with Crippen molar-refractivity contribution in [3.63, 3.8) is 0 Å². The highest BCUT2D eigenvalue weighted by atomic mass is 16.5. The summed E-state index contributed by atoms with van der Waals surface area (Å²) in [6, 6.07) is 27.7. The molecule has 1 heterocycles. The Morgan fingerprint density at radius 1 is 0.818 bits per heavy atom. The van der Waals surface area contributed by atoms with Gasteiger partial charge in [-0.2, -0.15) is 0 Å². The number of ether oxygens (including phenoxy) is 3. The molecule has 0 atom stereocenters. The van der Waals surface area contributed by atoms with E-state index in [9.17, 15) is 9.90 Å². The summed E-state index contributed by atoms with van der Waals surface area (Å²) in [6.45, 7) is 0.397. The van der Waals surface area contributed by atoms with E-state index in [1.54, 1.807) is 25.3 Å². The number of para-hydroxylation sites is 1. The highest BCUT2D eigenvalue weighted by Crippen LogP contribution is 2.34. The lowest BCUT2D eigenvalue weighted by Gasteiger charge is -2.15. The first-order chi connectivity index (χ1) is 16.1. The second-order valence-corrected chi connectivity index (χ2v) is 7.23. The van der Waals surface area contributed by atoms with E-state index in [1.165, 1.54) is 0 Å². The van der Waals surface area contributed by atoms with Crippen LogP contribution in [0.5, 0.6) is 17.2 Å². The summed E-state index contributed by atoms with van der Waals surface area (Å²) in [5.41, 5.74) is 2.75. The molecule has 0 fully saturated rings. The fourth-order valence-corrected chi connectivity index (χ4v) is 3.32. The van der Waals surface area contributed by atoms with Gasteiger partial charge in [-0.05, 0) is 42.0 Å². The number of hydrogen-bond donors (Lipinski definition) is 1. The number of pyridine rings is 1. The Balaban J connectivity index is 1.66. The molecule has 0 aliphatic heterocycles. The number of aromatic carboxylic acids is 1. The zero-order valence-electron chi connectivity index (χ0n) is 18.1. The van der Waals surface area contributed by atoms with Gasteiger partial charge in [-0.25, -0.2) is 9.78 Å². The zero-order chi connectivity index (χ0) is 23.0. The molecule has 0 bridgehead atoms. The Morgan fingerprint density at radius 2 is 1.55 bits per heavy atom. The summed E-state index contributed by atoms with van der Waals surface area (Å²) in [5, 5.41) is 9.62. The van der Waals surface area contributed by atoms with Crippen LogP contribution < -0.4 is 14.2 Å². The van der Waals surface area contributed by atoms with E-state index in [2.05, 4.69) is 4.98 Å². The van der Waals surface area contributed by atoms with Crippen molar-refractivity contribution in [3.8, 4) is 28.5 Å². The van der Waals surface area contributed by atoms with Gasteiger partial charge in [-0.15, -0.1) is 0 Å². The Hall–Kier alpha value is -4.32. The maximum absolute atomic E-state index is 11.8. The first-order valence-electron chi connectivity index (χ1n) is 10.4. The van der Waals surface area contributed by atoms with Crippen LogP contribution in [0.1, 0.15) is 21.6 Å². The van der Waals surface area contributed by atoms with Crippen LogP contribution in [-0.4, -0.2) is 23.2 Å². The number of rotatable bonds is 9. The number of carboxylic acid groups (broad SMARTS) is 1. The average Bonchev–Trinajstić information content (AvgIpc) is 2.87. The number of benzene rings is 3.